The molecule has 0 bridgehead atoms. The molecule has 1 aromatic heterocycles. The average molecular weight is 461 g/mol. The van der Waals surface area contributed by atoms with Crippen LogP contribution in [0.3, 0.4) is 0 Å². The summed E-state index contributed by atoms with van der Waals surface area (Å²) in [6, 6.07) is 18.5. The summed E-state index contributed by atoms with van der Waals surface area (Å²) in [4.78, 5) is 31.8. The van der Waals surface area contributed by atoms with Gasteiger partial charge in [0, 0.05) is 18.2 Å². The number of hydrogen-bond acceptors (Lipinski definition) is 6. The second-order valence-electron chi connectivity index (χ2n) is 7.57. The molecule has 4 rings (SSSR count). The molecular formula is C26H24N2O4S. The summed E-state index contributed by atoms with van der Waals surface area (Å²) in [5, 5.41) is 0.662. The number of nitrogens with zero attached hydrogens (tertiary/aromatic N) is 2. The number of rotatable bonds is 6. The van der Waals surface area contributed by atoms with Crippen LogP contribution in [0.1, 0.15) is 35.0 Å². The second kappa shape index (κ2) is 9.92. The van der Waals surface area contributed by atoms with Crippen molar-refractivity contribution in [3.8, 4) is 11.3 Å². The van der Waals surface area contributed by atoms with Crippen LogP contribution in [0.2, 0.25) is 0 Å². The molecule has 33 heavy (non-hydrogen) atoms. The van der Waals surface area contributed by atoms with E-state index in [9.17, 15) is 9.59 Å². The number of benzene rings is 2. The fourth-order valence-electron chi connectivity index (χ4n) is 3.37. The first-order valence-electron chi connectivity index (χ1n) is 10.6. The fraction of sp³-hybridized carbons (Fsp3) is 0.192. The first kappa shape index (κ1) is 22.6. The number of ether oxygens (including phenoxy) is 1. The molecule has 2 heterocycles. The molecule has 0 N–H and O–H groups in total. The third-order valence-corrected chi connectivity index (χ3v) is 6.07. The molecule has 1 aliphatic heterocycles. The Labute approximate surface area is 197 Å². The molecule has 1 saturated heterocycles. The lowest BCUT2D eigenvalue weighted by Gasteiger charge is -2.13. The molecular weight excluding hydrogens is 436 g/mol. The van der Waals surface area contributed by atoms with E-state index in [2.05, 4.69) is 0 Å². The number of furan rings is 1. The van der Waals surface area contributed by atoms with Crippen LogP contribution in [0, 0.1) is 6.92 Å². The molecule has 1 aliphatic rings. The van der Waals surface area contributed by atoms with Gasteiger partial charge in [-0.2, -0.15) is 0 Å². The van der Waals surface area contributed by atoms with Crippen molar-refractivity contribution in [1.82, 2.24) is 4.90 Å². The zero-order valence-electron chi connectivity index (χ0n) is 18.7. The molecule has 0 saturated carbocycles. The van der Waals surface area contributed by atoms with Crippen LogP contribution in [0.15, 0.2) is 75.0 Å². The normalized spacial score (nSPS) is 16.1. The summed E-state index contributed by atoms with van der Waals surface area (Å²) < 4.78 is 10.7. The van der Waals surface area contributed by atoms with E-state index < -0.39 is 5.97 Å². The Hall–Kier alpha value is -3.58. The van der Waals surface area contributed by atoms with Crippen molar-refractivity contribution in [1.29, 1.82) is 0 Å². The zero-order chi connectivity index (χ0) is 23.4. The number of methoxy groups -OCH3 is 1. The SMILES string of the molecule is CCCN1C(=O)C(=Cc2ccc(-c3cccc(C(=O)OC)c3)o2)SC1=Nc1ccc(C)cc1. The largest absolute Gasteiger partial charge is 0.465 e. The monoisotopic (exact) mass is 460 g/mol. The number of aryl methyl sites for hydroxylation is 1. The van der Waals surface area contributed by atoms with Crippen molar-refractivity contribution in [3.63, 3.8) is 0 Å². The molecule has 1 fully saturated rings. The van der Waals surface area contributed by atoms with Crippen LogP contribution in [-0.2, 0) is 9.53 Å². The highest BCUT2D eigenvalue weighted by molar-refractivity contribution is 8.18. The van der Waals surface area contributed by atoms with Gasteiger partial charge in [0.05, 0.1) is 23.3 Å². The smallest absolute Gasteiger partial charge is 0.337 e. The maximum absolute atomic E-state index is 13.0. The molecule has 3 aromatic rings. The molecule has 2 aromatic carbocycles. The van der Waals surface area contributed by atoms with E-state index in [0.717, 1.165) is 23.2 Å². The molecule has 1 amide bonds. The van der Waals surface area contributed by atoms with E-state index in [4.69, 9.17) is 14.1 Å². The van der Waals surface area contributed by atoms with Crippen molar-refractivity contribution in [2.24, 2.45) is 4.99 Å². The Morgan fingerprint density at radius 3 is 2.67 bits per heavy atom. The molecule has 7 heteroatoms. The van der Waals surface area contributed by atoms with Crippen LogP contribution < -0.4 is 0 Å². The van der Waals surface area contributed by atoms with Gasteiger partial charge in [0.2, 0.25) is 0 Å². The number of aliphatic imine (C=N–C) groups is 1. The Morgan fingerprint density at radius 2 is 1.94 bits per heavy atom. The Morgan fingerprint density at radius 1 is 1.15 bits per heavy atom. The fourth-order valence-corrected chi connectivity index (χ4v) is 4.38. The van der Waals surface area contributed by atoms with Gasteiger partial charge in [-0.15, -0.1) is 0 Å². The van der Waals surface area contributed by atoms with E-state index in [1.807, 2.05) is 50.2 Å². The molecule has 0 spiro atoms. The Kier molecular flexibility index (Phi) is 6.79. The standard InChI is InChI=1S/C26H24N2O4S/c1-4-14-28-24(29)23(33-26(28)27-20-10-8-17(2)9-11-20)16-21-12-13-22(32-21)18-6-5-7-19(15-18)25(30)31-3/h5-13,15-16H,4,14H2,1-3H3. The minimum absolute atomic E-state index is 0.0849. The number of hydrogen-bond donors (Lipinski definition) is 0. The summed E-state index contributed by atoms with van der Waals surface area (Å²) in [5.74, 6) is 0.660. The van der Waals surface area contributed by atoms with Crippen LogP contribution in [0.4, 0.5) is 5.69 Å². The lowest BCUT2D eigenvalue weighted by atomic mass is 10.1. The van der Waals surface area contributed by atoms with Gasteiger partial charge in [-0.25, -0.2) is 9.79 Å². The second-order valence-corrected chi connectivity index (χ2v) is 8.58. The Balaban J connectivity index is 1.60. The minimum Gasteiger partial charge on any atom is -0.465 e. The number of thioether (sulfide) groups is 1. The van der Waals surface area contributed by atoms with Gasteiger partial charge in [0.1, 0.15) is 11.5 Å². The van der Waals surface area contributed by atoms with Crippen LogP contribution >= 0.6 is 11.8 Å². The van der Waals surface area contributed by atoms with Gasteiger partial charge in [0.15, 0.2) is 5.17 Å². The highest BCUT2D eigenvalue weighted by Gasteiger charge is 2.33. The quantitative estimate of drug-likeness (QED) is 0.330. The first-order valence-corrected chi connectivity index (χ1v) is 11.5. The van der Waals surface area contributed by atoms with Gasteiger partial charge in [-0.1, -0.05) is 36.8 Å². The molecule has 0 atom stereocenters. The predicted molar refractivity (Wildman–Crippen MR) is 131 cm³/mol. The third-order valence-electron chi connectivity index (χ3n) is 5.06. The van der Waals surface area contributed by atoms with Crippen LogP contribution in [-0.4, -0.2) is 35.6 Å². The zero-order valence-corrected chi connectivity index (χ0v) is 19.5. The lowest BCUT2D eigenvalue weighted by Crippen LogP contribution is -2.29. The third kappa shape index (κ3) is 5.09. The van der Waals surface area contributed by atoms with E-state index in [1.54, 1.807) is 35.2 Å². The van der Waals surface area contributed by atoms with Crippen molar-refractivity contribution >= 4 is 40.6 Å². The summed E-state index contributed by atoms with van der Waals surface area (Å²) in [6.07, 6.45) is 2.56. The maximum Gasteiger partial charge on any atom is 0.337 e. The number of amides is 1. The average Bonchev–Trinajstić information content (AvgIpc) is 3.41. The predicted octanol–water partition coefficient (Wildman–Crippen LogP) is 6.06. The van der Waals surface area contributed by atoms with Crippen molar-refractivity contribution < 1.29 is 18.7 Å². The minimum atomic E-state index is -0.407. The number of carbonyl (C=O) groups is 2. The van der Waals surface area contributed by atoms with E-state index in [1.165, 1.54) is 18.9 Å². The highest BCUT2D eigenvalue weighted by atomic mass is 32.2. The first-order chi connectivity index (χ1) is 16.0. The van der Waals surface area contributed by atoms with Gasteiger partial charge in [-0.3, -0.25) is 9.69 Å². The van der Waals surface area contributed by atoms with Gasteiger partial charge in [-0.05, 0) is 61.5 Å². The van der Waals surface area contributed by atoms with Crippen molar-refractivity contribution in [3.05, 3.63) is 82.5 Å². The summed E-state index contributed by atoms with van der Waals surface area (Å²) in [5.41, 5.74) is 3.16. The van der Waals surface area contributed by atoms with Gasteiger partial charge >= 0.3 is 5.97 Å². The van der Waals surface area contributed by atoms with E-state index in [-0.39, 0.29) is 5.91 Å². The molecule has 0 aliphatic carbocycles. The van der Waals surface area contributed by atoms with Crippen molar-refractivity contribution in [2.75, 3.05) is 13.7 Å². The lowest BCUT2D eigenvalue weighted by molar-refractivity contribution is -0.122. The molecule has 0 radical (unpaired) electrons. The van der Waals surface area contributed by atoms with Crippen LogP contribution in [0.25, 0.3) is 17.4 Å². The summed E-state index contributed by atoms with van der Waals surface area (Å²) in [6.45, 7) is 4.65. The van der Waals surface area contributed by atoms with E-state index >= 15 is 0 Å². The highest BCUT2D eigenvalue weighted by Crippen LogP contribution is 2.35. The molecule has 6 nitrogen and oxygen atoms in total. The number of amidine groups is 1. The summed E-state index contributed by atoms with van der Waals surface area (Å²) >= 11 is 1.34. The number of esters is 1. The van der Waals surface area contributed by atoms with Crippen molar-refractivity contribution in [2.45, 2.75) is 20.3 Å². The number of carbonyl (C=O) groups excluding carboxylic acids is 2. The van der Waals surface area contributed by atoms with Gasteiger partial charge < -0.3 is 9.15 Å². The van der Waals surface area contributed by atoms with Crippen LogP contribution in [0.5, 0.6) is 0 Å². The summed E-state index contributed by atoms with van der Waals surface area (Å²) in [7, 11) is 1.35. The van der Waals surface area contributed by atoms with Gasteiger partial charge in [0.25, 0.3) is 5.91 Å². The Bertz CT molecular complexity index is 1240. The molecule has 168 valence electrons. The topological polar surface area (TPSA) is 72.1 Å². The maximum atomic E-state index is 13.0. The van der Waals surface area contributed by atoms with E-state index in [0.29, 0.717) is 33.7 Å². The molecule has 0 unspecified atom stereocenters.